The Hall–Kier alpha value is -2.30. The molecule has 1 atom stereocenters. The summed E-state index contributed by atoms with van der Waals surface area (Å²) in [7, 11) is 0. The molecule has 1 aliphatic rings. The highest BCUT2D eigenvalue weighted by atomic mass is 19.1. The van der Waals surface area contributed by atoms with Crippen LogP contribution in [0.2, 0.25) is 0 Å². The highest BCUT2D eigenvalue weighted by molar-refractivity contribution is 5.99. The second-order valence-electron chi connectivity index (χ2n) is 4.92. The molecule has 2 aromatic rings. The lowest BCUT2D eigenvalue weighted by Gasteiger charge is -2.23. The van der Waals surface area contributed by atoms with Gasteiger partial charge in [-0.05, 0) is 31.0 Å². The summed E-state index contributed by atoms with van der Waals surface area (Å²) in [4.78, 5) is 12.2. The molecule has 3 rings (SSSR count). The zero-order valence-corrected chi connectivity index (χ0v) is 10.9. The van der Waals surface area contributed by atoms with Gasteiger partial charge in [-0.3, -0.25) is 4.79 Å². The molecule has 0 radical (unpaired) electrons. The lowest BCUT2D eigenvalue weighted by molar-refractivity contribution is 0.0933. The molecule has 0 bridgehead atoms. The zero-order chi connectivity index (χ0) is 14.1. The van der Waals surface area contributed by atoms with Crippen molar-refractivity contribution in [2.75, 3.05) is 5.73 Å². The number of rotatable bonds is 2. The topological polar surface area (TPSA) is 68.3 Å². The van der Waals surface area contributed by atoms with Crippen LogP contribution < -0.4 is 11.1 Å². The van der Waals surface area contributed by atoms with E-state index in [9.17, 15) is 9.18 Å². The van der Waals surface area contributed by atoms with Crippen LogP contribution in [0.1, 0.15) is 40.6 Å². The minimum absolute atomic E-state index is 0.104. The van der Waals surface area contributed by atoms with E-state index in [1.165, 1.54) is 18.2 Å². The van der Waals surface area contributed by atoms with Crippen LogP contribution in [0.25, 0.3) is 0 Å². The number of para-hydroxylation sites is 1. The number of hydrogen-bond donors (Lipinski definition) is 2. The van der Waals surface area contributed by atoms with Crippen LogP contribution in [0, 0.1) is 5.82 Å². The zero-order valence-electron chi connectivity index (χ0n) is 10.9. The van der Waals surface area contributed by atoms with Gasteiger partial charge in [-0.25, -0.2) is 4.39 Å². The van der Waals surface area contributed by atoms with Crippen molar-refractivity contribution in [1.29, 1.82) is 0 Å². The number of halogens is 1. The number of benzene rings is 1. The fraction of sp³-hybridized carbons (Fsp3) is 0.267. The number of furan rings is 1. The average molecular weight is 274 g/mol. The first-order valence-electron chi connectivity index (χ1n) is 6.58. The number of nitrogens with two attached hydrogens (primary N) is 1. The van der Waals surface area contributed by atoms with Crippen molar-refractivity contribution in [2.24, 2.45) is 0 Å². The van der Waals surface area contributed by atoms with Crippen molar-refractivity contribution in [3.8, 4) is 0 Å². The third kappa shape index (κ3) is 2.15. The molecule has 1 unspecified atom stereocenters. The lowest BCUT2D eigenvalue weighted by Crippen LogP contribution is -2.31. The number of anilines is 1. The Kier molecular flexibility index (Phi) is 3.18. The molecule has 1 amide bonds. The standard InChI is InChI=1S/C15H15FN2O2/c16-11-4-1-3-10(14(11)17)15(19)18-12-5-2-6-13-9(12)7-8-20-13/h1,3-4,7-8,12H,2,5-6,17H2,(H,18,19). The number of carbonyl (C=O) groups is 1. The second kappa shape index (κ2) is 5.00. The van der Waals surface area contributed by atoms with E-state index in [1.54, 1.807) is 6.26 Å². The summed E-state index contributed by atoms with van der Waals surface area (Å²) < 4.78 is 18.8. The van der Waals surface area contributed by atoms with E-state index in [1.807, 2.05) is 6.07 Å². The number of fused-ring (bicyclic) bond motifs is 1. The summed E-state index contributed by atoms with van der Waals surface area (Å²) >= 11 is 0. The van der Waals surface area contributed by atoms with Crippen molar-refractivity contribution in [1.82, 2.24) is 5.32 Å². The van der Waals surface area contributed by atoms with Crippen LogP contribution in [-0.2, 0) is 6.42 Å². The van der Waals surface area contributed by atoms with Gasteiger partial charge in [-0.15, -0.1) is 0 Å². The second-order valence-corrected chi connectivity index (χ2v) is 4.92. The summed E-state index contributed by atoms with van der Waals surface area (Å²) in [5.41, 5.74) is 6.66. The number of carbonyl (C=O) groups excluding carboxylic acids is 1. The molecule has 5 heteroatoms. The van der Waals surface area contributed by atoms with Gasteiger partial charge in [0.15, 0.2) is 0 Å². The largest absolute Gasteiger partial charge is 0.469 e. The number of amides is 1. The number of hydrogen-bond acceptors (Lipinski definition) is 3. The Bertz CT molecular complexity index is 651. The van der Waals surface area contributed by atoms with E-state index in [-0.39, 0.29) is 23.2 Å². The first kappa shape index (κ1) is 12.7. The molecular formula is C15H15FN2O2. The summed E-state index contributed by atoms with van der Waals surface area (Å²) in [6, 6.07) is 6.00. The van der Waals surface area contributed by atoms with Crippen molar-refractivity contribution >= 4 is 11.6 Å². The minimum atomic E-state index is -0.578. The molecule has 0 spiro atoms. The van der Waals surface area contributed by atoms with Gasteiger partial charge in [0.05, 0.1) is 23.6 Å². The van der Waals surface area contributed by atoms with Crippen LogP contribution in [-0.4, -0.2) is 5.91 Å². The summed E-state index contributed by atoms with van der Waals surface area (Å²) in [6.45, 7) is 0. The maximum Gasteiger partial charge on any atom is 0.253 e. The molecule has 1 aromatic carbocycles. The number of nitrogens with one attached hydrogen (secondary N) is 1. The lowest BCUT2D eigenvalue weighted by atomic mass is 9.93. The van der Waals surface area contributed by atoms with E-state index in [4.69, 9.17) is 10.2 Å². The summed E-state index contributed by atoms with van der Waals surface area (Å²) in [5, 5.41) is 2.90. The van der Waals surface area contributed by atoms with Crippen LogP contribution in [0.4, 0.5) is 10.1 Å². The first-order chi connectivity index (χ1) is 9.66. The SMILES string of the molecule is Nc1c(F)cccc1C(=O)NC1CCCc2occc21. The summed E-state index contributed by atoms with van der Waals surface area (Å²) in [6.07, 6.45) is 4.31. The molecule has 0 aliphatic heterocycles. The third-order valence-corrected chi connectivity index (χ3v) is 3.65. The average Bonchev–Trinajstić information content (AvgIpc) is 2.91. The highest BCUT2D eigenvalue weighted by Gasteiger charge is 2.25. The van der Waals surface area contributed by atoms with E-state index < -0.39 is 5.82 Å². The molecule has 4 nitrogen and oxygen atoms in total. The molecule has 1 aromatic heterocycles. The van der Waals surface area contributed by atoms with Crippen molar-refractivity contribution < 1.29 is 13.6 Å². The predicted molar refractivity (Wildman–Crippen MR) is 72.7 cm³/mol. The smallest absolute Gasteiger partial charge is 0.253 e. The maximum absolute atomic E-state index is 13.4. The Morgan fingerprint density at radius 1 is 1.40 bits per heavy atom. The molecule has 3 N–H and O–H groups in total. The number of aryl methyl sites for hydroxylation is 1. The Morgan fingerprint density at radius 3 is 3.10 bits per heavy atom. The minimum Gasteiger partial charge on any atom is -0.469 e. The van der Waals surface area contributed by atoms with Crippen LogP contribution >= 0.6 is 0 Å². The molecule has 0 saturated heterocycles. The molecule has 0 saturated carbocycles. The quantitative estimate of drug-likeness (QED) is 0.827. The molecule has 1 heterocycles. The van der Waals surface area contributed by atoms with Gasteiger partial charge in [-0.1, -0.05) is 6.07 Å². The first-order valence-corrected chi connectivity index (χ1v) is 6.58. The Morgan fingerprint density at radius 2 is 2.25 bits per heavy atom. The normalized spacial score (nSPS) is 17.6. The molecule has 0 fully saturated rings. The van der Waals surface area contributed by atoms with Gasteiger partial charge in [0.25, 0.3) is 5.91 Å². The van der Waals surface area contributed by atoms with Crippen molar-refractivity contribution in [2.45, 2.75) is 25.3 Å². The number of nitrogen functional groups attached to an aromatic ring is 1. The van der Waals surface area contributed by atoms with E-state index in [0.29, 0.717) is 0 Å². The van der Waals surface area contributed by atoms with Gasteiger partial charge < -0.3 is 15.5 Å². The van der Waals surface area contributed by atoms with Crippen LogP contribution in [0.3, 0.4) is 0 Å². The van der Waals surface area contributed by atoms with Gasteiger partial charge in [0.2, 0.25) is 0 Å². The molecule has 20 heavy (non-hydrogen) atoms. The van der Waals surface area contributed by atoms with Gasteiger partial charge >= 0.3 is 0 Å². The maximum atomic E-state index is 13.4. The highest BCUT2D eigenvalue weighted by Crippen LogP contribution is 2.31. The third-order valence-electron chi connectivity index (χ3n) is 3.65. The fourth-order valence-electron chi connectivity index (χ4n) is 2.61. The van der Waals surface area contributed by atoms with Crippen molar-refractivity contribution in [3.63, 3.8) is 0 Å². The van der Waals surface area contributed by atoms with Crippen LogP contribution in [0.15, 0.2) is 34.9 Å². The molecule has 104 valence electrons. The fourth-order valence-corrected chi connectivity index (χ4v) is 2.61. The van der Waals surface area contributed by atoms with E-state index >= 15 is 0 Å². The van der Waals surface area contributed by atoms with E-state index in [0.717, 1.165) is 30.6 Å². The van der Waals surface area contributed by atoms with Gasteiger partial charge in [-0.2, -0.15) is 0 Å². The van der Waals surface area contributed by atoms with Crippen LogP contribution in [0.5, 0.6) is 0 Å². The monoisotopic (exact) mass is 274 g/mol. The van der Waals surface area contributed by atoms with Crippen molar-refractivity contribution in [3.05, 3.63) is 53.2 Å². The predicted octanol–water partition coefficient (Wildman–Crippen LogP) is 2.81. The van der Waals surface area contributed by atoms with Gasteiger partial charge in [0.1, 0.15) is 11.6 Å². The Balaban J connectivity index is 1.83. The molecule has 1 aliphatic carbocycles. The summed E-state index contributed by atoms with van der Waals surface area (Å²) in [5.74, 6) is -0.0277. The Labute approximate surface area is 115 Å². The van der Waals surface area contributed by atoms with Gasteiger partial charge in [0, 0.05) is 12.0 Å². The molecular weight excluding hydrogens is 259 g/mol. The van der Waals surface area contributed by atoms with E-state index in [2.05, 4.69) is 5.32 Å².